The van der Waals surface area contributed by atoms with Crippen LogP contribution in [0, 0.1) is 6.92 Å². The number of amides is 1. The topological polar surface area (TPSA) is 82.1 Å². The van der Waals surface area contributed by atoms with E-state index in [-0.39, 0.29) is 10.6 Å². The fourth-order valence-corrected chi connectivity index (χ4v) is 4.49. The Bertz CT molecular complexity index is 1160. The summed E-state index contributed by atoms with van der Waals surface area (Å²) in [5, 5.41) is 0. The highest BCUT2D eigenvalue weighted by Crippen LogP contribution is 2.27. The van der Waals surface area contributed by atoms with Gasteiger partial charge in [-0.05, 0) is 81.4 Å². The van der Waals surface area contributed by atoms with Gasteiger partial charge in [0.2, 0.25) is 0 Å². The number of hydrogen-bond acceptors (Lipinski definition) is 6. The predicted molar refractivity (Wildman–Crippen MR) is 127 cm³/mol. The minimum atomic E-state index is -4.17. The summed E-state index contributed by atoms with van der Waals surface area (Å²) >= 11 is 0. The number of anilines is 1. The summed E-state index contributed by atoms with van der Waals surface area (Å²) in [6, 6.07) is 19.4. The van der Waals surface area contributed by atoms with Gasteiger partial charge in [0, 0.05) is 0 Å². The third-order valence-electron chi connectivity index (χ3n) is 4.66. The number of aryl methyl sites for hydroxylation is 1. The van der Waals surface area contributed by atoms with Crippen molar-refractivity contribution in [1.29, 1.82) is 0 Å². The van der Waals surface area contributed by atoms with E-state index in [0.717, 1.165) is 9.87 Å². The molecule has 0 aliphatic rings. The molecule has 0 N–H and O–H groups in total. The summed E-state index contributed by atoms with van der Waals surface area (Å²) in [6.45, 7) is 6.13. The van der Waals surface area contributed by atoms with Gasteiger partial charge in [-0.3, -0.25) is 4.79 Å². The molecule has 174 valence electrons. The smallest absolute Gasteiger partial charge is 0.278 e. The van der Waals surface area contributed by atoms with Gasteiger partial charge in [0.05, 0.1) is 23.8 Å². The Kier molecular flexibility index (Phi) is 7.95. The van der Waals surface area contributed by atoms with Gasteiger partial charge in [-0.1, -0.05) is 17.7 Å². The zero-order valence-electron chi connectivity index (χ0n) is 18.9. The lowest BCUT2D eigenvalue weighted by atomic mass is 10.2. The van der Waals surface area contributed by atoms with Crippen molar-refractivity contribution in [2.75, 3.05) is 24.1 Å². The molecule has 3 aromatic rings. The van der Waals surface area contributed by atoms with Crippen LogP contribution in [0.4, 0.5) is 5.69 Å². The Hall–Kier alpha value is -3.52. The maximum Gasteiger partial charge on any atom is 0.278 e. The highest BCUT2D eigenvalue weighted by atomic mass is 32.2. The monoisotopic (exact) mass is 469 g/mol. The van der Waals surface area contributed by atoms with Gasteiger partial charge in [-0.25, -0.2) is 8.42 Å². The maximum absolute atomic E-state index is 13.4. The van der Waals surface area contributed by atoms with E-state index in [1.165, 1.54) is 24.3 Å². The van der Waals surface area contributed by atoms with Gasteiger partial charge in [-0.2, -0.15) is 4.31 Å². The maximum atomic E-state index is 13.4. The van der Waals surface area contributed by atoms with Gasteiger partial charge < -0.3 is 14.2 Å². The van der Waals surface area contributed by atoms with Crippen molar-refractivity contribution in [2.45, 2.75) is 25.7 Å². The molecule has 3 rings (SSSR count). The van der Waals surface area contributed by atoms with Crippen LogP contribution in [0.15, 0.2) is 77.7 Å². The van der Waals surface area contributed by atoms with Gasteiger partial charge in [-0.15, -0.1) is 0 Å². The Labute approximate surface area is 194 Å². The van der Waals surface area contributed by atoms with E-state index in [2.05, 4.69) is 0 Å². The molecule has 3 aromatic carbocycles. The van der Waals surface area contributed by atoms with E-state index in [9.17, 15) is 13.2 Å². The molecule has 0 aromatic heterocycles. The van der Waals surface area contributed by atoms with E-state index in [1.54, 1.807) is 48.5 Å². The van der Waals surface area contributed by atoms with Crippen LogP contribution in [-0.2, 0) is 14.8 Å². The second kappa shape index (κ2) is 10.9. The summed E-state index contributed by atoms with van der Waals surface area (Å²) < 4.78 is 44.0. The van der Waals surface area contributed by atoms with Gasteiger partial charge in [0.1, 0.15) is 17.2 Å². The third kappa shape index (κ3) is 6.04. The number of rotatable bonds is 10. The molecule has 0 aliphatic carbocycles. The molecule has 0 spiro atoms. The van der Waals surface area contributed by atoms with E-state index in [1.807, 2.05) is 20.8 Å². The lowest BCUT2D eigenvalue weighted by Gasteiger charge is -2.23. The summed E-state index contributed by atoms with van der Waals surface area (Å²) in [4.78, 5) is 13.2. The number of sulfonamides is 1. The standard InChI is InChI=1S/C25H27NO6S/c1-4-30-21-10-8-20(9-11-21)26(33(28,29)24-16-6-19(3)7-17-24)25(27)18-32-23-14-12-22(13-15-23)31-5-2/h6-17H,4-5,18H2,1-3H3. The average Bonchev–Trinajstić information content (AvgIpc) is 2.80. The van der Waals surface area contributed by atoms with Crippen LogP contribution in [0.5, 0.6) is 17.2 Å². The molecule has 0 fully saturated rings. The second-order valence-corrected chi connectivity index (χ2v) is 8.88. The molecule has 0 bridgehead atoms. The molecule has 0 heterocycles. The number of benzene rings is 3. The van der Waals surface area contributed by atoms with Crippen molar-refractivity contribution in [3.05, 3.63) is 78.4 Å². The third-order valence-corrected chi connectivity index (χ3v) is 6.43. The van der Waals surface area contributed by atoms with E-state index >= 15 is 0 Å². The minimum absolute atomic E-state index is 0.0106. The molecule has 8 heteroatoms. The number of nitrogens with zero attached hydrogens (tertiary/aromatic N) is 1. The molecule has 0 saturated heterocycles. The summed E-state index contributed by atoms with van der Waals surface area (Å²) in [5.74, 6) is 0.945. The van der Waals surface area contributed by atoms with E-state index < -0.39 is 22.5 Å². The zero-order valence-corrected chi connectivity index (χ0v) is 19.7. The van der Waals surface area contributed by atoms with Gasteiger partial charge in [0.25, 0.3) is 15.9 Å². The minimum Gasteiger partial charge on any atom is -0.494 e. The van der Waals surface area contributed by atoms with Crippen molar-refractivity contribution in [3.8, 4) is 17.2 Å². The molecule has 7 nitrogen and oxygen atoms in total. The fourth-order valence-electron chi connectivity index (χ4n) is 3.08. The predicted octanol–water partition coefficient (Wildman–Crippen LogP) is 4.59. The molecule has 0 radical (unpaired) electrons. The van der Waals surface area contributed by atoms with Gasteiger partial charge >= 0.3 is 0 Å². The van der Waals surface area contributed by atoms with Crippen molar-refractivity contribution >= 4 is 21.6 Å². The number of ether oxygens (including phenoxy) is 3. The quantitative estimate of drug-likeness (QED) is 0.432. The van der Waals surface area contributed by atoms with Gasteiger partial charge in [0.15, 0.2) is 6.61 Å². The summed E-state index contributed by atoms with van der Waals surface area (Å²) in [7, 11) is -4.17. The van der Waals surface area contributed by atoms with Crippen LogP contribution in [-0.4, -0.2) is 34.1 Å². The first kappa shape index (κ1) is 24.1. The molecular formula is C25H27NO6S. The Balaban J connectivity index is 1.88. The highest BCUT2D eigenvalue weighted by Gasteiger charge is 2.31. The summed E-state index contributed by atoms with van der Waals surface area (Å²) in [5.41, 5.74) is 1.10. The molecule has 0 unspecified atom stereocenters. The normalized spacial score (nSPS) is 11.0. The summed E-state index contributed by atoms with van der Waals surface area (Å²) in [6.07, 6.45) is 0. The van der Waals surface area contributed by atoms with Crippen molar-refractivity contribution in [2.24, 2.45) is 0 Å². The lowest BCUT2D eigenvalue weighted by Crippen LogP contribution is -2.40. The Morgan fingerprint density at radius 2 is 1.18 bits per heavy atom. The number of carbonyl (C=O) groups is 1. The van der Waals surface area contributed by atoms with E-state index in [4.69, 9.17) is 14.2 Å². The first-order valence-electron chi connectivity index (χ1n) is 10.6. The molecular weight excluding hydrogens is 442 g/mol. The Morgan fingerprint density at radius 3 is 1.67 bits per heavy atom. The lowest BCUT2D eigenvalue weighted by molar-refractivity contribution is -0.119. The number of hydrogen-bond donors (Lipinski definition) is 0. The average molecular weight is 470 g/mol. The van der Waals surface area contributed by atoms with Crippen LogP contribution in [0.1, 0.15) is 19.4 Å². The Morgan fingerprint density at radius 1 is 0.727 bits per heavy atom. The molecule has 0 atom stereocenters. The highest BCUT2D eigenvalue weighted by molar-refractivity contribution is 7.93. The van der Waals surface area contributed by atoms with Crippen molar-refractivity contribution in [1.82, 2.24) is 0 Å². The SMILES string of the molecule is CCOc1ccc(OCC(=O)N(c2ccc(OCC)cc2)S(=O)(=O)c2ccc(C)cc2)cc1. The second-order valence-electron chi connectivity index (χ2n) is 7.10. The van der Waals surface area contributed by atoms with Crippen molar-refractivity contribution < 1.29 is 27.4 Å². The van der Waals surface area contributed by atoms with Crippen LogP contribution in [0.25, 0.3) is 0 Å². The van der Waals surface area contributed by atoms with Crippen LogP contribution in [0.2, 0.25) is 0 Å². The largest absolute Gasteiger partial charge is 0.494 e. The van der Waals surface area contributed by atoms with Crippen LogP contribution in [0.3, 0.4) is 0 Å². The number of carbonyl (C=O) groups excluding carboxylic acids is 1. The molecule has 0 aliphatic heterocycles. The van der Waals surface area contributed by atoms with Crippen LogP contribution >= 0.6 is 0 Å². The van der Waals surface area contributed by atoms with Crippen molar-refractivity contribution in [3.63, 3.8) is 0 Å². The molecule has 0 saturated carbocycles. The molecule has 33 heavy (non-hydrogen) atoms. The first-order valence-corrected chi connectivity index (χ1v) is 12.0. The molecule has 1 amide bonds. The fraction of sp³-hybridized carbons (Fsp3) is 0.240. The van der Waals surface area contributed by atoms with Crippen LogP contribution < -0.4 is 18.5 Å². The van der Waals surface area contributed by atoms with E-state index in [0.29, 0.717) is 30.5 Å². The zero-order chi connectivity index (χ0) is 23.8. The first-order chi connectivity index (χ1) is 15.8.